The molecule has 0 bridgehead atoms. The Morgan fingerprint density at radius 2 is 2.00 bits per heavy atom. The van der Waals surface area contributed by atoms with Gasteiger partial charge in [-0.1, -0.05) is 17.7 Å². The topological polar surface area (TPSA) is 66.7 Å². The average Bonchev–Trinajstić information content (AvgIpc) is 2.65. The van der Waals surface area contributed by atoms with Gasteiger partial charge in [0.2, 0.25) is 0 Å². The fraction of sp³-hybridized carbons (Fsp3) is 0.200. The van der Waals surface area contributed by atoms with Gasteiger partial charge in [0.05, 0.1) is 17.6 Å². The second kappa shape index (κ2) is 8.26. The number of rotatable bonds is 5. The van der Waals surface area contributed by atoms with Crippen molar-refractivity contribution in [1.82, 2.24) is 4.98 Å². The Labute approximate surface area is 169 Å². The summed E-state index contributed by atoms with van der Waals surface area (Å²) in [6, 6.07) is 10.1. The molecule has 1 aromatic heterocycles. The molecule has 1 atom stereocenters. The van der Waals surface area contributed by atoms with Crippen LogP contribution in [0.2, 0.25) is 5.02 Å². The Morgan fingerprint density at radius 3 is 2.72 bits per heavy atom. The van der Waals surface area contributed by atoms with Crippen LogP contribution in [0.5, 0.6) is 5.75 Å². The van der Waals surface area contributed by atoms with Crippen LogP contribution in [0.4, 0.5) is 18.9 Å². The highest BCUT2D eigenvalue weighted by Crippen LogP contribution is 2.36. The standard InChI is InChI=1S/C20H17ClF3N3O2/c1-27(10-12-4-7-17(28)19-14(12)3-2-8-25-19)11-18(29)26-13-5-6-16(21)15(9-13)20(22,23)24/h2-9,28H,10-11H2,1H3,(H,26,29)/p+1. The van der Waals surface area contributed by atoms with Crippen LogP contribution >= 0.6 is 11.6 Å². The van der Waals surface area contributed by atoms with Crippen molar-refractivity contribution < 1.29 is 28.0 Å². The van der Waals surface area contributed by atoms with Crippen LogP contribution < -0.4 is 10.2 Å². The number of fused-ring (bicyclic) bond motifs is 1. The largest absolute Gasteiger partial charge is 0.506 e. The number of benzene rings is 2. The SMILES string of the molecule is C[NH+](CC(=O)Nc1ccc(Cl)c(C(F)(F)F)c1)Cc1ccc(O)c2ncccc12. The van der Waals surface area contributed by atoms with E-state index in [4.69, 9.17) is 11.6 Å². The van der Waals surface area contributed by atoms with Gasteiger partial charge in [-0.15, -0.1) is 0 Å². The summed E-state index contributed by atoms with van der Waals surface area (Å²) in [6.45, 7) is 0.497. The van der Waals surface area contributed by atoms with E-state index < -0.39 is 22.7 Å². The zero-order chi connectivity index (χ0) is 21.2. The minimum Gasteiger partial charge on any atom is -0.506 e. The van der Waals surface area contributed by atoms with E-state index in [1.807, 2.05) is 6.07 Å². The van der Waals surface area contributed by atoms with Gasteiger partial charge in [-0.3, -0.25) is 9.78 Å². The van der Waals surface area contributed by atoms with E-state index in [1.54, 1.807) is 31.4 Å². The van der Waals surface area contributed by atoms with Gasteiger partial charge < -0.3 is 15.3 Å². The summed E-state index contributed by atoms with van der Waals surface area (Å²) < 4.78 is 38.9. The van der Waals surface area contributed by atoms with Crippen molar-refractivity contribution >= 4 is 34.1 Å². The quantitative estimate of drug-likeness (QED) is 0.589. The number of nitrogens with one attached hydrogen (secondary N) is 2. The van der Waals surface area contributed by atoms with E-state index in [9.17, 15) is 23.1 Å². The summed E-state index contributed by atoms with van der Waals surface area (Å²) >= 11 is 5.59. The molecule has 1 amide bonds. The smallest absolute Gasteiger partial charge is 0.417 e. The first-order chi connectivity index (χ1) is 13.6. The van der Waals surface area contributed by atoms with Gasteiger partial charge in [-0.25, -0.2) is 0 Å². The molecule has 3 rings (SSSR count). The lowest BCUT2D eigenvalue weighted by atomic mass is 10.1. The number of hydrogen-bond donors (Lipinski definition) is 3. The summed E-state index contributed by atoms with van der Waals surface area (Å²) in [5, 5.41) is 12.7. The van der Waals surface area contributed by atoms with Crippen molar-refractivity contribution in [2.45, 2.75) is 12.7 Å². The van der Waals surface area contributed by atoms with Crippen molar-refractivity contribution in [2.75, 3.05) is 18.9 Å². The zero-order valence-corrected chi connectivity index (χ0v) is 16.1. The monoisotopic (exact) mass is 424 g/mol. The molecule has 2 aromatic carbocycles. The number of alkyl halides is 3. The Kier molecular flexibility index (Phi) is 5.95. The van der Waals surface area contributed by atoms with Gasteiger partial charge in [0.25, 0.3) is 5.91 Å². The van der Waals surface area contributed by atoms with E-state index in [0.717, 1.165) is 28.0 Å². The maximum absolute atomic E-state index is 13.0. The fourth-order valence-corrected chi connectivity index (χ4v) is 3.28. The summed E-state index contributed by atoms with van der Waals surface area (Å²) in [7, 11) is 1.79. The van der Waals surface area contributed by atoms with Crippen molar-refractivity contribution in [3.05, 3.63) is 64.8 Å². The van der Waals surface area contributed by atoms with Gasteiger partial charge >= 0.3 is 6.18 Å². The molecule has 0 radical (unpaired) electrons. The van der Waals surface area contributed by atoms with Crippen molar-refractivity contribution in [3.8, 4) is 5.75 Å². The number of aromatic hydroxyl groups is 1. The number of carbonyl (C=O) groups excluding carboxylic acids is 1. The average molecular weight is 425 g/mol. The summed E-state index contributed by atoms with van der Waals surface area (Å²) in [5.41, 5.74) is 0.393. The number of quaternary nitrogens is 1. The van der Waals surface area contributed by atoms with Crippen LogP contribution in [0.25, 0.3) is 10.9 Å². The predicted octanol–water partition coefficient (Wildman–Crippen LogP) is 3.27. The van der Waals surface area contributed by atoms with Gasteiger partial charge in [0.15, 0.2) is 6.54 Å². The normalized spacial score (nSPS) is 12.7. The molecular weight excluding hydrogens is 407 g/mol. The summed E-state index contributed by atoms with van der Waals surface area (Å²) in [6.07, 6.45) is -3.02. The van der Waals surface area contributed by atoms with Crippen LogP contribution in [0.3, 0.4) is 0 Å². The molecule has 0 saturated heterocycles. The van der Waals surface area contributed by atoms with Crippen LogP contribution in [0.15, 0.2) is 48.7 Å². The molecule has 0 saturated carbocycles. The van der Waals surface area contributed by atoms with E-state index in [2.05, 4.69) is 10.3 Å². The number of amides is 1. The summed E-state index contributed by atoms with van der Waals surface area (Å²) in [5.74, 6) is -0.359. The number of anilines is 1. The van der Waals surface area contributed by atoms with Crippen molar-refractivity contribution in [2.24, 2.45) is 0 Å². The third-order valence-electron chi connectivity index (χ3n) is 4.35. The molecule has 3 N–H and O–H groups in total. The molecule has 0 fully saturated rings. The third-order valence-corrected chi connectivity index (χ3v) is 4.68. The number of halogens is 4. The minimum atomic E-state index is -4.60. The number of phenols is 1. The molecule has 9 heteroatoms. The third kappa shape index (κ3) is 4.96. The van der Waals surface area contributed by atoms with E-state index >= 15 is 0 Å². The highest BCUT2D eigenvalue weighted by Gasteiger charge is 2.33. The number of phenolic OH excluding ortho intramolecular Hbond substituents is 1. The van der Waals surface area contributed by atoms with Gasteiger partial charge in [0.1, 0.15) is 17.8 Å². The Balaban J connectivity index is 1.69. The predicted molar refractivity (Wildman–Crippen MR) is 104 cm³/mol. The molecule has 0 aliphatic rings. The van der Waals surface area contributed by atoms with Gasteiger partial charge in [-0.2, -0.15) is 13.2 Å². The molecule has 1 heterocycles. The maximum atomic E-state index is 13.0. The lowest BCUT2D eigenvalue weighted by Crippen LogP contribution is -3.08. The van der Waals surface area contributed by atoms with Crippen LogP contribution in [-0.2, 0) is 17.5 Å². The number of hydrogen-bond acceptors (Lipinski definition) is 3. The number of nitrogens with zero attached hydrogens (tertiary/aromatic N) is 1. The van der Waals surface area contributed by atoms with Crippen LogP contribution in [0, 0.1) is 0 Å². The van der Waals surface area contributed by atoms with Crippen molar-refractivity contribution in [1.29, 1.82) is 0 Å². The molecule has 1 unspecified atom stereocenters. The number of carbonyl (C=O) groups is 1. The van der Waals surface area contributed by atoms with Gasteiger partial charge in [-0.05, 0) is 36.4 Å². The van der Waals surface area contributed by atoms with E-state index in [-0.39, 0.29) is 18.0 Å². The lowest BCUT2D eigenvalue weighted by Gasteiger charge is -2.16. The van der Waals surface area contributed by atoms with Crippen molar-refractivity contribution in [3.63, 3.8) is 0 Å². The molecular formula is C20H18ClF3N3O2+. The second-order valence-corrected chi connectivity index (χ2v) is 7.10. The first kappa shape index (κ1) is 20.9. The number of likely N-dealkylation sites (N-methyl/N-ethyl adjacent to an activating group) is 1. The molecule has 5 nitrogen and oxygen atoms in total. The molecule has 0 aliphatic heterocycles. The minimum absolute atomic E-state index is 0.0267. The van der Waals surface area contributed by atoms with Crippen LogP contribution in [-0.4, -0.2) is 29.6 Å². The first-order valence-corrected chi connectivity index (χ1v) is 9.06. The highest BCUT2D eigenvalue weighted by molar-refractivity contribution is 6.31. The maximum Gasteiger partial charge on any atom is 0.417 e. The first-order valence-electron chi connectivity index (χ1n) is 8.68. The summed E-state index contributed by atoms with van der Waals surface area (Å²) in [4.78, 5) is 17.2. The Hall–Kier alpha value is -2.84. The number of pyridine rings is 1. The van der Waals surface area contributed by atoms with E-state index in [0.29, 0.717) is 12.1 Å². The van der Waals surface area contributed by atoms with Gasteiger partial charge in [0, 0.05) is 22.8 Å². The number of aromatic nitrogens is 1. The van der Waals surface area contributed by atoms with E-state index in [1.165, 1.54) is 6.07 Å². The highest BCUT2D eigenvalue weighted by atomic mass is 35.5. The second-order valence-electron chi connectivity index (χ2n) is 6.69. The molecule has 152 valence electrons. The fourth-order valence-electron chi connectivity index (χ4n) is 3.06. The lowest BCUT2D eigenvalue weighted by molar-refractivity contribution is -0.885. The molecule has 3 aromatic rings. The zero-order valence-electron chi connectivity index (χ0n) is 15.3. The molecule has 0 spiro atoms. The molecule has 29 heavy (non-hydrogen) atoms. The Bertz CT molecular complexity index is 1060. The molecule has 0 aliphatic carbocycles. The van der Waals surface area contributed by atoms with Crippen LogP contribution in [0.1, 0.15) is 11.1 Å². The Morgan fingerprint density at radius 1 is 1.24 bits per heavy atom.